The van der Waals surface area contributed by atoms with Gasteiger partial charge in [0.15, 0.2) is 23.8 Å². The minimum Gasteiger partial charge on any atom is -0.490 e. The van der Waals surface area contributed by atoms with Crippen LogP contribution in [0.1, 0.15) is 24.3 Å². The molecule has 0 spiro atoms. The van der Waals surface area contributed by atoms with E-state index in [9.17, 15) is 9.59 Å². The average molecular weight is 433 g/mol. The number of amides is 1. The minimum absolute atomic E-state index is 0.184. The maximum atomic E-state index is 12.1. The second-order valence-corrected chi connectivity index (χ2v) is 7.34. The van der Waals surface area contributed by atoms with Crippen LogP contribution in [-0.4, -0.2) is 36.7 Å². The molecule has 1 amide bonds. The van der Waals surface area contributed by atoms with Crippen LogP contribution in [-0.2, 0) is 9.53 Å². The van der Waals surface area contributed by atoms with Crippen molar-refractivity contribution in [3.63, 3.8) is 0 Å². The molecule has 2 heterocycles. The lowest BCUT2D eigenvalue weighted by Crippen LogP contribution is -2.21. The topological polar surface area (TPSA) is 86.8 Å². The first-order valence-electron chi connectivity index (χ1n) is 8.95. The van der Waals surface area contributed by atoms with E-state index in [4.69, 9.17) is 14.2 Å². The van der Waals surface area contributed by atoms with Crippen LogP contribution in [0.5, 0.6) is 11.5 Å². The predicted octanol–water partition coefficient (Wildman–Crippen LogP) is 4.46. The lowest BCUT2D eigenvalue weighted by Gasteiger charge is -2.13. The van der Waals surface area contributed by atoms with E-state index < -0.39 is 18.5 Å². The Morgan fingerprint density at radius 1 is 1.07 bits per heavy atom. The summed E-state index contributed by atoms with van der Waals surface area (Å²) in [5, 5.41) is 8.93. The maximum Gasteiger partial charge on any atom is 0.358 e. The Bertz CT molecular complexity index is 969. The number of aromatic nitrogens is 1. The van der Waals surface area contributed by atoms with Gasteiger partial charge in [0.1, 0.15) is 5.01 Å². The Kier molecular flexibility index (Phi) is 7.20. The molecule has 0 aliphatic heterocycles. The van der Waals surface area contributed by atoms with Gasteiger partial charge in [-0.2, -0.15) is 11.3 Å². The van der Waals surface area contributed by atoms with E-state index in [0.717, 1.165) is 10.6 Å². The quantitative estimate of drug-likeness (QED) is 0.502. The summed E-state index contributed by atoms with van der Waals surface area (Å²) < 4.78 is 16.1. The zero-order valence-electron chi connectivity index (χ0n) is 16.0. The number of esters is 1. The molecule has 0 radical (unpaired) electrons. The van der Waals surface area contributed by atoms with Gasteiger partial charge in [-0.25, -0.2) is 9.78 Å². The fraction of sp³-hybridized carbons (Fsp3) is 0.250. The number of benzene rings is 1. The molecule has 1 N–H and O–H groups in total. The van der Waals surface area contributed by atoms with Crippen molar-refractivity contribution in [3.05, 3.63) is 46.1 Å². The fourth-order valence-corrected chi connectivity index (χ4v) is 3.92. The molecule has 152 valence electrons. The number of nitrogens with one attached hydrogen (secondary N) is 1. The molecule has 0 bridgehead atoms. The molecule has 0 atom stereocenters. The van der Waals surface area contributed by atoms with Gasteiger partial charge in [0.25, 0.3) is 5.91 Å². The molecule has 0 saturated heterocycles. The largest absolute Gasteiger partial charge is 0.490 e. The van der Waals surface area contributed by atoms with E-state index in [1.807, 2.05) is 30.7 Å². The van der Waals surface area contributed by atoms with Gasteiger partial charge in [0.05, 0.1) is 13.2 Å². The monoisotopic (exact) mass is 432 g/mol. The van der Waals surface area contributed by atoms with Crippen LogP contribution < -0.4 is 14.8 Å². The second kappa shape index (κ2) is 10.0. The van der Waals surface area contributed by atoms with Crippen LogP contribution in [0.15, 0.2) is 40.4 Å². The summed E-state index contributed by atoms with van der Waals surface area (Å²) >= 11 is 2.91. The highest BCUT2D eigenvalue weighted by atomic mass is 32.1. The fourth-order valence-electron chi connectivity index (χ4n) is 2.42. The van der Waals surface area contributed by atoms with Crippen LogP contribution in [0.4, 0.5) is 5.69 Å². The van der Waals surface area contributed by atoms with E-state index in [1.165, 1.54) is 11.3 Å². The number of rotatable bonds is 9. The van der Waals surface area contributed by atoms with Gasteiger partial charge in [0, 0.05) is 28.1 Å². The summed E-state index contributed by atoms with van der Waals surface area (Å²) in [7, 11) is 0. The third-order valence-corrected chi connectivity index (χ3v) is 5.22. The number of ether oxygens (including phenoxy) is 3. The summed E-state index contributed by atoms with van der Waals surface area (Å²) in [5.41, 5.74) is 1.66. The molecule has 0 unspecified atom stereocenters. The Hall–Kier alpha value is -2.91. The number of hydrogen-bond acceptors (Lipinski definition) is 8. The Morgan fingerprint density at radius 3 is 2.59 bits per heavy atom. The Balaban J connectivity index is 1.55. The maximum absolute atomic E-state index is 12.1. The highest BCUT2D eigenvalue weighted by Gasteiger charge is 2.16. The molecular formula is C20H20N2O5S2. The SMILES string of the molecule is CCOc1ccc(NC(=O)COC(=O)c2csc(-c3ccsc3)n2)cc1OCC. The summed E-state index contributed by atoms with van der Waals surface area (Å²) in [6.07, 6.45) is 0. The van der Waals surface area contributed by atoms with Crippen LogP contribution >= 0.6 is 22.7 Å². The zero-order chi connectivity index (χ0) is 20.6. The van der Waals surface area contributed by atoms with E-state index in [-0.39, 0.29) is 5.69 Å². The van der Waals surface area contributed by atoms with Crippen molar-refractivity contribution >= 4 is 40.2 Å². The van der Waals surface area contributed by atoms with Crippen molar-refractivity contribution in [2.75, 3.05) is 25.1 Å². The van der Waals surface area contributed by atoms with Crippen molar-refractivity contribution < 1.29 is 23.8 Å². The average Bonchev–Trinajstić information content (AvgIpc) is 3.40. The van der Waals surface area contributed by atoms with E-state index in [1.54, 1.807) is 34.9 Å². The van der Waals surface area contributed by atoms with Gasteiger partial charge in [-0.05, 0) is 37.4 Å². The summed E-state index contributed by atoms with van der Waals surface area (Å²) in [6.45, 7) is 4.30. The summed E-state index contributed by atoms with van der Waals surface area (Å²) in [5.74, 6) is 0.0362. The zero-order valence-corrected chi connectivity index (χ0v) is 17.6. The van der Waals surface area contributed by atoms with Gasteiger partial charge < -0.3 is 19.5 Å². The molecule has 0 fully saturated rings. The molecule has 3 rings (SSSR count). The number of carbonyl (C=O) groups excluding carboxylic acids is 2. The van der Waals surface area contributed by atoms with Crippen molar-refractivity contribution in [2.24, 2.45) is 0 Å². The van der Waals surface area contributed by atoms with Crippen LogP contribution in [0.3, 0.4) is 0 Å². The predicted molar refractivity (Wildman–Crippen MR) is 113 cm³/mol. The lowest BCUT2D eigenvalue weighted by atomic mass is 10.2. The highest BCUT2D eigenvalue weighted by molar-refractivity contribution is 7.14. The third-order valence-electron chi connectivity index (χ3n) is 3.64. The molecule has 1 aromatic carbocycles. The number of carbonyl (C=O) groups is 2. The Labute approximate surface area is 176 Å². The normalized spacial score (nSPS) is 10.4. The van der Waals surface area contributed by atoms with Crippen molar-refractivity contribution in [3.8, 4) is 22.1 Å². The molecule has 0 saturated carbocycles. The van der Waals surface area contributed by atoms with Crippen LogP contribution in [0.2, 0.25) is 0 Å². The molecular weight excluding hydrogens is 412 g/mol. The van der Waals surface area contributed by atoms with Gasteiger partial charge in [-0.15, -0.1) is 11.3 Å². The number of hydrogen-bond donors (Lipinski definition) is 1. The standard InChI is InChI=1S/C20H20N2O5S2/c1-3-25-16-6-5-14(9-17(16)26-4-2)21-18(23)10-27-20(24)15-12-29-19(22-15)13-7-8-28-11-13/h5-9,11-12H,3-4,10H2,1-2H3,(H,21,23). The molecule has 3 aromatic rings. The van der Waals surface area contributed by atoms with Gasteiger partial charge in [0.2, 0.25) is 0 Å². The minimum atomic E-state index is -0.639. The number of anilines is 1. The lowest BCUT2D eigenvalue weighted by molar-refractivity contribution is -0.119. The summed E-state index contributed by atoms with van der Waals surface area (Å²) in [6, 6.07) is 7.01. The van der Waals surface area contributed by atoms with Crippen molar-refractivity contribution in [1.29, 1.82) is 0 Å². The smallest absolute Gasteiger partial charge is 0.358 e. The first-order chi connectivity index (χ1) is 14.1. The molecule has 0 aliphatic carbocycles. The molecule has 0 aliphatic rings. The first kappa shape index (κ1) is 20.8. The van der Waals surface area contributed by atoms with Crippen LogP contribution in [0.25, 0.3) is 10.6 Å². The first-order valence-corrected chi connectivity index (χ1v) is 10.8. The molecule has 2 aromatic heterocycles. The van der Waals surface area contributed by atoms with E-state index in [2.05, 4.69) is 10.3 Å². The number of nitrogens with zero attached hydrogens (tertiary/aromatic N) is 1. The highest BCUT2D eigenvalue weighted by Crippen LogP contribution is 2.30. The number of thiazole rings is 1. The van der Waals surface area contributed by atoms with Gasteiger partial charge >= 0.3 is 5.97 Å². The van der Waals surface area contributed by atoms with Gasteiger partial charge in [-0.3, -0.25) is 4.79 Å². The second-order valence-electron chi connectivity index (χ2n) is 5.70. The van der Waals surface area contributed by atoms with Gasteiger partial charge in [-0.1, -0.05) is 0 Å². The third kappa shape index (κ3) is 5.55. The molecule has 29 heavy (non-hydrogen) atoms. The van der Waals surface area contributed by atoms with Crippen LogP contribution in [0, 0.1) is 0 Å². The number of thiophene rings is 1. The van der Waals surface area contributed by atoms with Crippen molar-refractivity contribution in [1.82, 2.24) is 4.98 Å². The van der Waals surface area contributed by atoms with Crippen molar-refractivity contribution in [2.45, 2.75) is 13.8 Å². The summed E-state index contributed by atoms with van der Waals surface area (Å²) in [4.78, 5) is 28.6. The van der Waals surface area contributed by atoms with E-state index >= 15 is 0 Å². The Morgan fingerprint density at radius 2 is 1.86 bits per heavy atom. The molecule has 7 nitrogen and oxygen atoms in total. The van der Waals surface area contributed by atoms with E-state index in [0.29, 0.717) is 30.4 Å². The molecule has 9 heteroatoms.